The van der Waals surface area contributed by atoms with Crippen LogP contribution in [0.2, 0.25) is 0 Å². The monoisotopic (exact) mass is 364 g/mol. The molecule has 0 aromatic heterocycles. The molecule has 1 rings (SSSR count). The molecule has 7 heteroatoms. The Morgan fingerprint density at radius 2 is 2.00 bits per heavy atom. The third kappa shape index (κ3) is 8.80. The summed E-state index contributed by atoms with van der Waals surface area (Å²) in [6, 6.07) is 9.69. The van der Waals surface area contributed by atoms with Crippen molar-refractivity contribution in [3.63, 3.8) is 0 Å². The largest absolute Gasteiger partial charge is 0.393 e. The Balaban J connectivity index is 2.58. The molecular formula is C19H27FN3O3. The molecule has 6 nitrogen and oxygen atoms in total. The number of primary amides is 1. The number of aliphatic hydroxyl groups is 1. The minimum atomic E-state index is -2.12. The summed E-state index contributed by atoms with van der Waals surface area (Å²) in [5.74, 6) is -1.67. The van der Waals surface area contributed by atoms with Crippen LogP contribution in [0.15, 0.2) is 40.6 Å². The van der Waals surface area contributed by atoms with Gasteiger partial charge in [0, 0.05) is 6.92 Å². The van der Waals surface area contributed by atoms with Crippen molar-refractivity contribution < 1.29 is 19.1 Å². The molecule has 0 saturated heterocycles. The lowest BCUT2D eigenvalue weighted by Gasteiger charge is -2.22. The Morgan fingerprint density at radius 3 is 2.58 bits per heavy atom. The second-order valence-corrected chi connectivity index (χ2v) is 6.64. The molecule has 0 aliphatic rings. The van der Waals surface area contributed by atoms with Gasteiger partial charge in [-0.3, -0.25) is 9.59 Å². The van der Waals surface area contributed by atoms with Gasteiger partial charge in [0.1, 0.15) is 0 Å². The van der Waals surface area contributed by atoms with Gasteiger partial charge in [0.2, 0.25) is 0 Å². The molecule has 0 fully saturated rings. The Labute approximate surface area is 153 Å². The zero-order valence-electron chi connectivity index (χ0n) is 15.3. The van der Waals surface area contributed by atoms with Crippen molar-refractivity contribution in [3.8, 4) is 0 Å². The molecule has 1 aromatic carbocycles. The summed E-state index contributed by atoms with van der Waals surface area (Å²) in [5, 5.41) is 17.5. The van der Waals surface area contributed by atoms with Crippen LogP contribution in [0, 0.1) is 12.3 Å². The summed E-state index contributed by atoms with van der Waals surface area (Å²) in [6.07, 6.45) is 2.21. The molecule has 0 aliphatic carbocycles. The lowest BCUT2D eigenvalue weighted by atomic mass is 9.89. The SMILES string of the molecule is CC(=O)N=NCC(CCC(C)(F)C(N)=O)CC(O)[CH]Cc1ccccc1. The molecule has 26 heavy (non-hydrogen) atoms. The van der Waals surface area contributed by atoms with Gasteiger partial charge < -0.3 is 10.8 Å². The van der Waals surface area contributed by atoms with E-state index in [0.717, 1.165) is 12.5 Å². The molecule has 0 spiro atoms. The zero-order valence-corrected chi connectivity index (χ0v) is 15.3. The van der Waals surface area contributed by atoms with E-state index in [0.29, 0.717) is 19.3 Å². The number of carbonyl (C=O) groups is 2. The number of alkyl halides is 1. The molecular weight excluding hydrogens is 337 g/mol. The fourth-order valence-corrected chi connectivity index (χ4v) is 2.46. The van der Waals surface area contributed by atoms with E-state index in [4.69, 9.17) is 5.73 Å². The summed E-state index contributed by atoms with van der Waals surface area (Å²) in [6.45, 7) is 2.60. The van der Waals surface area contributed by atoms with E-state index in [2.05, 4.69) is 10.2 Å². The van der Waals surface area contributed by atoms with Gasteiger partial charge in [-0.05, 0) is 50.5 Å². The predicted molar refractivity (Wildman–Crippen MR) is 96.9 cm³/mol. The van der Waals surface area contributed by atoms with Crippen LogP contribution in [0.4, 0.5) is 4.39 Å². The number of aliphatic hydroxyl groups excluding tert-OH is 1. The first-order valence-corrected chi connectivity index (χ1v) is 8.63. The molecule has 3 N–H and O–H groups in total. The molecule has 0 heterocycles. The van der Waals surface area contributed by atoms with Crippen LogP contribution in [0.5, 0.6) is 0 Å². The lowest BCUT2D eigenvalue weighted by Crippen LogP contribution is -2.37. The van der Waals surface area contributed by atoms with Gasteiger partial charge >= 0.3 is 0 Å². The van der Waals surface area contributed by atoms with Gasteiger partial charge in [0.05, 0.1) is 12.6 Å². The van der Waals surface area contributed by atoms with Gasteiger partial charge in [-0.2, -0.15) is 5.11 Å². The second kappa shape index (κ2) is 10.8. The highest BCUT2D eigenvalue weighted by molar-refractivity contribution is 5.82. The number of azo groups is 1. The molecule has 143 valence electrons. The molecule has 1 aromatic rings. The van der Waals surface area contributed by atoms with E-state index < -0.39 is 23.6 Å². The van der Waals surface area contributed by atoms with Crippen molar-refractivity contribution in [1.29, 1.82) is 0 Å². The van der Waals surface area contributed by atoms with Crippen molar-refractivity contribution in [3.05, 3.63) is 42.3 Å². The van der Waals surface area contributed by atoms with Crippen LogP contribution in [0.1, 0.15) is 38.7 Å². The fourth-order valence-electron chi connectivity index (χ4n) is 2.46. The first-order valence-electron chi connectivity index (χ1n) is 8.63. The number of carbonyl (C=O) groups excluding carboxylic acids is 2. The van der Waals surface area contributed by atoms with Crippen molar-refractivity contribution in [2.24, 2.45) is 21.9 Å². The van der Waals surface area contributed by atoms with E-state index in [1.807, 2.05) is 30.3 Å². The van der Waals surface area contributed by atoms with Gasteiger partial charge in [0.25, 0.3) is 11.8 Å². The highest BCUT2D eigenvalue weighted by atomic mass is 19.1. The average Bonchev–Trinajstić information content (AvgIpc) is 2.58. The maximum absolute atomic E-state index is 14.1. The molecule has 3 atom stereocenters. The molecule has 0 bridgehead atoms. The van der Waals surface area contributed by atoms with Crippen molar-refractivity contribution in [2.75, 3.05) is 6.54 Å². The summed E-state index contributed by atoms with van der Waals surface area (Å²) >= 11 is 0. The number of benzene rings is 1. The first-order chi connectivity index (χ1) is 12.2. The standard InChI is InChI=1S/C19H27FN3O3/c1-14(24)23-22-13-16(10-11-19(2,20)18(21)26)12-17(25)9-8-15-6-4-3-5-7-15/h3-7,9,16-17,25H,8,10-13H2,1-2H3,(H2,21,26). The van der Waals surface area contributed by atoms with E-state index >= 15 is 0 Å². The predicted octanol–water partition coefficient (Wildman–Crippen LogP) is 2.79. The van der Waals surface area contributed by atoms with E-state index in [1.165, 1.54) is 6.92 Å². The van der Waals surface area contributed by atoms with Crippen LogP contribution in [0.3, 0.4) is 0 Å². The summed E-state index contributed by atoms with van der Waals surface area (Å²) < 4.78 is 14.1. The molecule has 0 aliphatic heterocycles. The molecule has 2 amide bonds. The Hall–Kier alpha value is -2.15. The maximum Gasteiger partial charge on any atom is 0.261 e. The number of hydrogen-bond acceptors (Lipinski definition) is 4. The van der Waals surface area contributed by atoms with Crippen molar-refractivity contribution in [2.45, 2.75) is 51.3 Å². The Morgan fingerprint density at radius 1 is 1.35 bits per heavy atom. The minimum absolute atomic E-state index is 0.0754. The normalized spacial score (nSPS) is 16.2. The number of nitrogens with zero attached hydrogens (tertiary/aromatic N) is 2. The Bertz CT molecular complexity index is 605. The van der Waals surface area contributed by atoms with Gasteiger partial charge in [-0.15, -0.1) is 5.11 Å². The van der Waals surface area contributed by atoms with Crippen LogP contribution < -0.4 is 5.73 Å². The first kappa shape index (κ1) is 21.9. The highest BCUT2D eigenvalue weighted by Crippen LogP contribution is 2.24. The lowest BCUT2D eigenvalue weighted by molar-refractivity contribution is -0.129. The number of halogens is 1. The zero-order chi connectivity index (χ0) is 19.6. The van der Waals surface area contributed by atoms with E-state index in [-0.39, 0.29) is 18.9 Å². The summed E-state index contributed by atoms with van der Waals surface area (Å²) in [7, 11) is 0. The van der Waals surface area contributed by atoms with Gasteiger partial charge in [0.15, 0.2) is 5.67 Å². The number of nitrogens with two attached hydrogens (primary N) is 1. The van der Waals surface area contributed by atoms with Crippen molar-refractivity contribution >= 4 is 11.8 Å². The van der Waals surface area contributed by atoms with Crippen molar-refractivity contribution in [1.82, 2.24) is 0 Å². The number of hydrogen-bond donors (Lipinski definition) is 2. The average molecular weight is 364 g/mol. The molecule has 3 unspecified atom stereocenters. The maximum atomic E-state index is 14.1. The molecule has 0 saturated carbocycles. The summed E-state index contributed by atoms with van der Waals surface area (Å²) in [4.78, 5) is 22.0. The van der Waals surface area contributed by atoms with Gasteiger partial charge in [-0.1, -0.05) is 30.3 Å². The van der Waals surface area contributed by atoms with E-state index in [1.54, 1.807) is 6.42 Å². The van der Waals surface area contributed by atoms with Crippen LogP contribution >= 0.6 is 0 Å². The quantitative estimate of drug-likeness (QED) is 0.590. The highest BCUT2D eigenvalue weighted by Gasteiger charge is 2.31. The smallest absolute Gasteiger partial charge is 0.261 e. The second-order valence-electron chi connectivity index (χ2n) is 6.64. The third-order valence-electron chi connectivity index (χ3n) is 4.13. The minimum Gasteiger partial charge on any atom is -0.393 e. The molecule has 1 radical (unpaired) electrons. The Kier molecular flexibility index (Phi) is 9.05. The van der Waals surface area contributed by atoms with Crippen LogP contribution in [-0.2, 0) is 16.0 Å². The fraction of sp³-hybridized carbons (Fsp3) is 0.526. The van der Waals surface area contributed by atoms with Crippen LogP contribution in [-0.4, -0.2) is 35.2 Å². The van der Waals surface area contributed by atoms with Gasteiger partial charge in [-0.25, -0.2) is 4.39 Å². The number of rotatable bonds is 11. The number of amides is 2. The van der Waals surface area contributed by atoms with Crippen LogP contribution in [0.25, 0.3) is 0 Å². The topological polar surface area (TPSA) is 105 Å². The summed E-state index contributed by atoms with van der Waals surface area (Å²) in [5.41, 5.74) is 4.01. The third-order valence-corrected chi connectivity index (χ3v) is 4.13. The van der Waals surface area contributed by atoms with E-state index in [9.17, 15) is 19.1 Å².